The third-order valence-electron chi connectivity index (χ3n) is 4.34. The van der Waals surface area contributed by atoms with E-state index in [-0.39, 0.29) is 12.3 Å². The number of hydrogen-bond donors (Lipinski definition) is 0. The van der Waals surface area contributed by atoms with Crippen molar-refractivity contribution in [2.45, 2.75) is 19.4 Å². The van der Waals surface area contributed by atoms with E-state index in [0.29, 0.717) is 23.1 Å². The topological polar surface area (TPSA) is 96.6 Å². The van der Waals surface area contributed by atoms with E-state index in [1.54, 1.807) is 21.1 Å². The summed E-state index contributed by atoms with van der Waals surface area (Å²) >= 11 is 2.93. The van der Waals surface area contributed by atoms with Crippen molar-refractivity contribution in [1.29, 1.82) is 0 Å². The van der Waals surface area contributed by atoms with Gasteiger partial charge in [-0.15, -0.1) is 32.9 Å². The molecule has 0 radical (unpaired) electrons. The summed E-state index contributed by atoms with van der Waals surface area (Å²) in [4.78, 5) is 17.8. The number of thiazole rings is 1. The molecule has 0 aliphatic heterocycles. The predicted molar refractivity (Wildman–Crippen MR) is 116 cm³/mol. The van der Waals surface area contributed by atoms with Crippen LogP contribution in [0, 0.1) is 0 Å². The summed E-state index contributed by atoms with van der Waals surface area (Å²) in [7, 11) is 3.17. The molecule has 0 N–H and O–H groups in total. The molecule has 1 unspecified atom stereocenters. The molecular weight excluding hydrogens is 438 g/mol. The van der Waals surface area contributed by atoms with Gasteiger partial charge < -0.3 is 18.6 Å². The van der Waals surface area contributed by atoms with Crippen molar-refractivity contribution >= 4 is 28.6 Å². The lowest BCUT2D eigenvalue weighted by molar-refractivity contribution is -0.148. The zero-order valence-electron chi connectivity index (χ0n) is 17.0. The Kier molecular flexibility index (Phi) is 6.28. The second-order valence-electron chi connectivity index (χ2n) is 6.45. The van der Waals surface area contributed by atoms with Crippen molar-refractivity contribution in [3.05, 3.63) is 52.7 Å². The standard InChI is InChI=1S/C21H19N3O5S2/c1-12(19-23-24-20(29-19)17-5-4-8-30-17)28-18(25)10-14-11-31-21(22-14)13-6-7-15(26-2)16(9-13)27-3/h4-9,11-12H,10H2,1-3H3. The lowest BCUT2D eigenvalue weighted by atomic mass is 10.2. The Morgan fingerprint density at radius 2 is 1.97 bits per heavy atom. The van der Waals surface area contributed by atoms with E-state index >= 15 is 0 Å². The SMILES string of the molecule is COc1ccc(-c2nc(CC(=O)OC(C)c3nnc(-c4cccs4)o3)cs2)cc1OC. The van der Waals surface area contributed by atoms with Crippen LogP contribution in [0.1, 0.15) is 24.6 Å². The average molecular weight is 458 g/mol. The fourth-order valence-corrected chi connectivity index (χ4v) is 4.29. The Morgan fingerprint density at radius 3 is 2.71 bits per heavy atom. The van der Waals surface area contributed by atoms with Gasteiger partial charge in [0.1, 0.15) is 5.01 Å². The Hall–Kier alpha value is -3.24. The van der Waals surface area contributed by atoms with Crippen LogP contribution < -0.4 is 9.47 Å². The normalized spacial score (nSPS) is 11.8. The lowest BCUT2D eigenvalue weighted by Crippen LogP contribution is -2.12. The minimum Gasteiger partial charge on any atom is -0.493 e. The number of hydrogen-bond acceptors (Lipinski definition) is 10. The van der Waals surface area contributed by atoms with Gasteiger partial charge >= 0.3 is 5.97 Å². The molecule has 0 aliphatic rings. The van der Waals surface area contributed by atoms with Crippen molar-refractivity contribution in [2.75, 3.05) is 14.2 Å². The number of carbonyl (C=O) groups excluding carboxylic acids is 1. The summed E-state index contributed by atoms with van der Waals surface area (Å²) in [6, 6.07) is 9.35. The monoisotopic (exact) mass is 457 g/mol. The van der Waals surface area contributed by atoms with Crippen LogP contribution in [-0.4, -0.2) is 35.4 Å². The fourth-order valence-electron chi connectivity index (χ4n) is 2.83. The largest absolute Gasteiger partial charge is 0.493 e. The summed E-state index contributed by atoms with van der Waals surface area (Å²) in [5.41, 5.74) is 1.50. The van der Waals surface area contributed by atoms with E-state index in [0.717, 1.165) is 15.4 Å². The molecule has 0 fully saturated rings. The first kappa shape index (κ1) is 21.0. The lowest BCUT2D eigenvalue weighted by Gasteiger charge is -2.08. The van der Waals surface area contributed by atoms with Crippen LogP contribution in [0.3, 0.4) is 0 Å². The van der Waals surface area contributed by atoms with Crippen molar-refractivity contribution in [1.82, 2.24) is 15.2 Å². The molecule has 1 aromatic carbocycles. The number of thiophene rings is 1. The Morgan fingerprint density at radius 1 is 1.13 bits per heavy atom. The molecule has 4 rings (SSSR count). The predicted octanol–water partition coefficient (Wildman–Crippen LogP) is 4.79. The van der Waals surface area contributed by atoms with Gasteiger partial charge in [-0.3, -0.25) is 4.79 Å². The molecule has 160 valence electrons. The van der Waals surface area contributed by atoms with Gasteiger partial charge in [-0.25, -0.2) is 4.98 Å². The molecule has 31 heavy (non-hydrogen) atoms. The van der Waals surface area contributed by atoms with Gasteiger partial charge in [0.25, 0.3) is 11.8 Å². The third kappa shape index (κ3) is 4.75. The van der Waals surface area contributed by atoms with E-state index in [1.165, 1.54) is 22.7 Å². The second kappa shape index (κ2) is 9.27. The highest BCUT2D eigenvalue weighted by molar-refractivity contribution is 7.13. The van der Waals surface area contributed by atoms with Crippen LogP contribution in [0.4, 0.5) is 0 Å². The minimum absolute atomic E-state index is 0.0417. The van der Waals surface area contributed by atoms with Gasteiger partial charge in [-0.2, -0.15) is 0 Å². The molecule has 0 spiro atoms. The van der Waals surface area contributed by atoms with Crippen LogP contribution in [0.15, 0.2) is 45.5 Å². The number of methoxy groups -OCH3 is 2. The highest BCUT2D eigenvalue weighted by Crippen LogP contribution is 2.33. The van der Waals surface area contributed by atoms with E-state index in [1.807, 2.05) is 41.1 Å². The minimum atomic E-state index is -0.655. The van der Waals surface area contributed by atoms with Crippen LogP contribution in [0.5, 0.6) is 11.5 Å². The molecular formula is C21H19N3O5S2. The average Bonchev–Trinajstić information content (AvgIpc) is 3.54. The summed E-state index contributed by atoms with van der Waals surface area (Å²) in [5.74, 6) is 1.50. The van der Waals surface area contributed by atoms with E-state index < -0.39 is 12.1 Å². The smallest absolute Gasteiger partial charge is 0.312 e. The van der Waals surface area contributed by atoms with Crippen molar-refractivity contribution in [2.24, 2.45) is 0 Å². The number of ether oxygens (including phenoxy) is 3. The van der Waals surface area contributed by atoms with E-state index in [2.05, 4.69) is 15.2 Å². The Labute approximate surface area is 186 Å². The van der Waals surface area contributed by atoms with E-state index in [9.17, 15) is 4.79 Å². The van der Waals surface area contributed by atoms with Crippen LogP contribution >= 0.6 is 22.7 Å². The molecule has 1 atom stereocenters. The molecule has 10 heteroatoms. The first-order valence-electron chi connectivity index (χ1n) is 9.31. The number of rotatable bonds is 8. The molecule has 0 saturated carbocycles. The first-order valence-corrected chi connectivity index (χ1v) is 11.1. The number of aromatic nitrogens is 3. The molecule has 0 bridgehead atoms. The number of nitrogens with zero attached hydrogens (tertiary/aromatic N) is 3. The number of carbonyl (C=O) groups is 1. The van der Waals surface area contributed by atoms with Gasteiger partial charge in [0, 0.05) is 10.9 Å². The van der Waals surface area contributed by atoms with Crippen molar-refractivity contribution in [3.8, 4) is 32.8 Å². The van der Waals surface area contributed by atoms with Gasteiger partial charge in [-0.05, 0) is 36.6 Å². The molecule has 0 aliphatic carbocycles. The summed E-state index contributed by atoms with van der Waals surface area (Å²) in [6.45, 7) is 1.69. The Bertz CT molecular complexity index is 1170. The first-order chi connectivity index (χ1) is 15.1. The second-order valence-corrected chi connectivity index (χ2v) is 8.25. The zero-order chi connectivity index (χ0) is 21.8. The summed E-state index contributed by atoms with van der Waals surface area (Å²) < 4.78 is 21.7. The van der Waals surface area contributed by atoms with Gasteiger partial charge in [-0.1, -0.05) is 6.07 Å². The third-order valence-corrected chi connectivity index (χ3v) is 6.13. The van der Waals surface area contributed by atoms with Crippen molar-refractivity contribution < 1.29 is 23.4 Å². The maximum absolute atomic E-state index is 12.4. The highest BCUT2D eigenvalue weighted by atomic mass is 32.1. The van der Waals surface area contributed by atoms with Gasteiger partial charge in [0.05, 0.1) is 31.2 Å². The molecule has 3 aromatic heterocycles. The summed E-state index contributed by atoms with van der Waals surface area (Å²) in [5, 5.41) is 12.5. The van der Waals surface area contributed by atoms with E-state index in [4.69, 9.17) is 18.6 Å². The zero-order valence-corrected chi connectivity index (χ0v) is 18.7. The number of esters is 1. The summed E-state index contributed by atoms with van der Waals surface area (Å²) in [6.07, 6.45) is -0.613. The molecule has 0 amide bonds. The highest BCUT2D eigenvalue weighted by Gasteiger charge is 2.20. The maximum atomic E-state index is 12.4. The molecule has 8 nitrogen and oxygen atoms in total. The molecule has 3 heterocycles. The van der Waals surface area contributed by atoms with Gasteiger partial charge in [0.2, 0.25) is 0 Å². The fraction of sp³-hybridized carbons (Fsp3) is 0.238. The number of benzene rings is 1. The van der Waals surface area contributed by atoms with Crippen molar-refractivity contribution in [3.63, 3.8) is 0 Å². The quantitative estimate of drug-likeness (QED) is 0.349. The Balaban J connectivity index is 1.39. The van der Waals surface area contributed by atoms with Gasteiger partial charge in [0.15, 0.2) is 17.6 Å². The molecule has 4 aromatic rings. The maximum Gasteiger partial charge on any atom is 0.312 e. The van der Waals surface area contributed by atoms with Crippen LogP contribution in [0.25, 0.3) is 21.3 Å². The van der Waals surface area contributed by atoms with Crippen LogP contribution in [0.2, 0.25) is 0 Å². The molecule has 0 saturated heterocycles. The van der Waals surface area contributed by atoms with Crippen LogP contribution in [-0.2, 0) is 16.0 Å².